The fraction of sp³-hybridized carbons (Fsp3) is 0.500. The molecule has 0 aliphatic heterocycles. The molecule has 0 saturated heterocycles. The average Bonchev–Trinajstić information content (AvgIpc) is 2.61. The molecule has 18 heavy (non-hydrogen) atoms. The Hall–Kier alpha value is -1.49. The molecule has 0 bridgehead atoms. The highest BCUT2D eigenvalue weighted by atomic mass is 35.5. The molecule has 0 aromatic carbocycles. The highest BCUT2D eigenvalue weighted by Gasteiger charge is 2.16. The SMILES string of the molecule is Cc1nc(C)n(-c2nc(C(C)C)nc(Cl)c2C)n1. The van der Waals surface area contributed by atoms with Crippen LogP contribution in [0.5, 0.6) is 0 Å². The van der Waals surface area contributed by atoms with Gasteiger partial charge in [0.2, 0.25) is 0 Å². The Bertz CT molecular complexity index is 588. The van der Waals surface area contributed by atoms with Gasteiger partial charge in [0.1, 0.15) is 22.6 Å². The summed E-state index contributed by atoms with van der Waals surface area (Å²) >= 11 is 6.16. The summed E-state index contributed by atoms with van der Waals surface area (Å²) in [6.45, 7) is 9.70. The van der Waals surface area contributed by atoms with Crippen molar-refractivity contribution < 1.29 is 0 Å². The second-order valence-electron chi connectivity index (χ2n) is 4.59. The van der Waals surface area contributed by atoms with Crippen LogP contribution in [-0.4, -0.2) is 24.7 Å². The van der Waals surface area contributed by atoms with Crippen molar-refractivity contribution in [2.45, 2.75) is 40.5 Å². The van der Waals surface area contributed by atoms with Crippen molar-refractivity contribution in [2.75, 3.05) is 0 Å². The lowest BCUT2D eigenvalue weighted by atomic mass is 10.2. The second kappa shape index (κ2) is 4.65. The molecule has 0 aliphatic carbocycles. The molecule has 0 amide bonds. The van der Waals surface area contributed by atoms with Gasteiger partial charge in [-0.25, -0.2) is 15.0 Å². The van der Waals surface area contributed by atoms with Gasteiger partial charge in [-0.1, -0.05) is 25.4 Å². The van der Waals surface area contributed by atoms with Crippen molar-refractivity contribution >= 4 is 11.6 Å². The summed E-state index contributed by atoms with van der Waals surface area (Å²) in [4.78, 5) is 13.1. The number of aromatic nitrogens is 5. The van der Waals surface area contributed by atoms with Crippen molar-refractivity contribution in [1.29, 1.82) is 0 Å². The normalized spacial score (nSPS) is 11.3. The van der Waals surface area contributed by atoms with E-state index in [0.29, 0.717) is 22.6 Å². The molecule has 2 heterocycles. The fourth-order valence-electron chi connectivity index (χ4n) is 1.68. The van der Waals surface area contributed by atoms with E-state index in [1.165, 1.54) is 0 Å². The minimum atomic E-state index is 0.215. The van der Waals surface area contributed by atoms with E-state index in [9.17, 15) is 0 Å². The molecule has 0 radical (unpaired) electrons. The maximum Gasteiger partial charge on any atom is 0.163 e. The van der Waals surface area contributed by atoms with Gasteiger partial charge < -0.3 is 0 Å². The van der Waals surface area contributed by atoms with Crippen LogP contribution in [0.2, 0.25) is 5.15 Å². The van der Waals surface area contributed by atoms with E-state index < -0.39 is 0 Å². The third kappa shape index (κ3) is 2.22. The molecule has 0 aliphatic rings. The smallest absolute Gasteiger partial charge is 0.163 e. The first-order valence-electron chi connectivity index (χ1n) is 5.84. The molecule has 2 aromatic heterocycles. The Morgan fingerprint density at radius 2 is 1.72 bits per heavy atom. The fourth-order valence-corrected chi connectivity index (χ4v) is 1.85. The summed E-state index contributed by atoms with van der Waals surface area (Å²) in [7, 11) is 0. The van der Waals surface area contributed by atoms with E-state index in [0.717, 1.165) is 11.4 Å². The summed E-state index contributed by atoms with van der Waals surface area (Å²) in [5.41, 5.74) is 0.814. The summed E-state index contributed by atoms with van der Waals surface area (Å²) in [5, 5.41) is 4.81. The molecule has 5 nitrogen and oxygen atoms in total. The molecule has 6 heteroatoms. The zero-order valence-electron chi connectivity index (χ0n) is 11.2. The van der Waals surface area contributed by atoms with Crippen molar-refractivity contribution in [2.24, 2.45) is 0 Å². The molecule has 96 valence electrons. The number of aryl methyl sites for hydroxylation is 2. The molecule has 0 spiro atoms. The quantitative estimate of drug-likeness (QED) is 0.784. The zero-order valence-corrected chi connectivity index (χ0v) is 11.9. The first kappa shape index (κ1) is 13.0. The number of nitrogens with zero attached hydrogens (tertiary/aromatic N) is 5. The second-order valence-corrected chi connectivity index (χ2v) is 4.95. The standard InChI is InChI=1S/C12H16ClN5/c1-6(2)11-15-10(13)7(3)12(16-11)18-9(5)14-8(4)17-18/h6H,1-5H3. The molecular formula is C12H16ClN5. The lowest BCUT2D eigenvalue weighted by Crippen LogP contribution is -2.10. The Kier molecular flexibility index (Phi) is 3.34. The summed E-state index contributed by atoms with van der Waals surface area (Å²) < 4.78 is 1.71. The maximum absolute atomic E-state index is 6.16. The lowest BCUT2D eigenvalue weighted by Gasteiger charge is -2.11. The van der Waals surface area contributed by atoms with Gasteiger partial charge in [0, 0.05) is 11.5 Å². The van der Waals surface area contributed by atoms with Crippen LogP contribution in [0.1, 0.15) is 42.8 Å². The monoisotopic (exact) mass is 265 g/mol. The first-order valence-corrected chi connectivity index (χ1v) is 6.22. The highest BCUT2D eigenvalue weighted by molar-refractivity contribution is 6.30. The van der Waals surface area contributed by atoms with E-state index in [-0.39, 0.29) is 5.92 Å². The molecular weight excluding hydrogens is 250 g/mol. The minimum absolute atomic E-state index is 0.215. The zero-order chi connectivity index (χ0) is 13.4. The number of hydrogen-bond acceptors (Lipinski definition) is 4. The van der Waals surface area contributed by atoms with Gasteiger partial charge in [-0.15, -0.1) is 5.10 Å². The largest absolute Gasteiger partial charge is 0.220 e. The molecule has 2 aromatic rings. The predicted octanol–water partition coefficient (Wildman–Crippen LogP) is 2.76. The Labute approximate surface area is 111 Å². The predicted molar refractivity (Wildman–Crippen MR) is 70.3 cm³/mol. The topological polar surface area (TPSA) is 56.5 Å². The van der Waals surface area contributed by atoms with Gasteiger partial charge in [-0.05, 0) is 20.8 Å². The van der Waals surface area contributed by atoms with Crippen LogP contribution in [0.15, 0.2) is 0 Å². The third-order valence-corrected chi connectivity index (χ3v) is 3.04. The van der Waals surface area contributed by atoms with Crippen LogP contribution < -0.4 is 0 Å². The van der Waals surface area contributed by atoms with Crippen LogP contribution in [0.3, 0.4) is 0 Å². The summed E-state index contributed by atoms with van der Waals surface area (Å²) in [6, 6.07) is 0. The van der Waals surface area contributed by atoms with Crippen molar-refractivity contribution in [3.63, 3.8) is 0 Å². The van der Waals surface area contributed by atoms with Gasteiger partial charge in [0.25, 0.3) is 0 Å². The van der Waals surface area contributed by atoms with Crippen molar-refractivity contribution in [1.82, 2.24) is 24.7 Å². The van der Waals surface area contributed by atoms with Crippen LogP contribution in [0.25, 0.3) is 5.82 Å². The number of halogens is 1. The Balaban J connectivity index is 2.66. The van der Waals surface area contributed by atoms with E-state index in [1.54, 1.807) is 4.68 Å². The van der Waals surface area contributed by atoms with Gasteiger partial charge in [0.05, 0.1) is 0 Å². The number of rotatable bonds is 2. The van der Waals surface area contributed by atoms with Crippen molar-refractivity contribution in [3.05, 3.63) is 28.2 Å². The van der Waals surface area contributed by atoms with Gasteiger partial charge in [-0.3, -0.25) is 0 Å². The molecule has 0 atom stereocenters. The van der Waals surface area contributed by atoms with Gasteiger partial charge >= 0.3 is 0 Å². The highest BCUT2D eigenvalue weighted by Crippen LogP contribution is 2.22. The van der Waals surface area contributed by atoms with Gasteiger partial charge in [-0.2, -0.15) is 4.68 Å². The molecule has 0 saturated carbocycles. The molecule has 0 N–H and O–H groups in total. The van der Waals surface area contributed by atoms with E-state index in [2.05, 4.69) is 20.1 Å². The van der Waals surface area contributed by atoms with Crippen LogP contribution >= 0.6 is 11.6 Å². The third-order valence-electron chi connectivity index (χ3n) is 2.67. The van der Waals surface area contributed by atoms with Crippen LogP contribution in [-0.2, 0) is 0 Å². The van der Waals surface area contributed by atoms with Gasteiger partial charge in [0.15, 0.2) is 5.82 Å². The van der Waals surface area contributed by atoms with E-state index in [4.69, 9.17) is 11.6 Å². The van der Waals surface area contributed by atoms with E-state index in [1.807, 2.05) is 34.6 Å². The summed E-state index contributed by atoms with van der Waals surface area (Å²) in [5.74, 6) is 3.14. The van der Waals surface area contributed by atoms with E-state index >= 15 is 0 Å². The van der Waals surface area contributed by atoms with Crippen molar-refractivity contribution in [3.8, 4) is 5.82 Å². The average molecular weight is 266 g/mol. The first-order chi connectivity index (χ1) is 8.40. The summed E-state index contributed by atoms with van der Waals surface area (Å²) in [6.07, 6.45) is 0. The number of hydrogen-bond donors (Lipinski definition) is 0. The van der Waals surface area contributed by atoms with Crippen LogP contribution in [0.4, 0.5) is 0 Å². The molecule has 0 fully saturated rings. The molecule has 2 rings (SSSR count). The minimum Gasteiger partial charge on any atom is -0.220 e. The Morgan fingerprint density at radius 1 is 1.06 bits per heavy atom. The van der Waals surface area contributed by atoms with Crippen LogP contribution in [0, 0.1) is 20.8 Å². The maximum atomic E-state index is 6.16. The lowest BCUT2D eigenvalue weighted by molar-refractivity contribution is 0.728. The Morgan fingerprint density at radius 3 is 2.22 bits per heavy atom. The molecule has 0 unspecified atom stereocenters.